The summed E-state index contributed by atoms with van der Waals surface area (Å²) in [6.07, 6.45) is 3.81. The summed E-state index contributed by atoms with van der Waals surface area (Å²) in [5, 5.41) is 8.88. The third-order valence-electron chi connectivity index (χ3n) is 3.12. The van der Waals surface area contributed by atoms with Gasteiger partial charge >= 0.3 is 0 Å². The average molecular weight is 273 g/mol. The van der Waals surface area contributed by atoms with Crippen LogP contribution in [0.25, 0.3) is 0 Å². The molecule has 1 heterocycles. The maximum atomic E-state index is 11.9. The highest BCUT2D eigenvalue weighted by atomic mass is 32.2. The van der Waals surface area contributed by atoms with E-state index in [1.807, 2.05) is 7.05 Å². The van der Waals surface area contributed by atoms with Crippen molar-refractivity contribution < 1.29 is 13.5 Å². The van der Waals surface area contributed by atoms with Gasteiger partial charge in [0.15, 0.2) is 0 Å². The minimum atomic E-state index is -3.47. The number of hydrogen-bond acceptors (Lipinski definition) is 4. The van der Waals surface area contributed by atoms with E-state index >= 15 is 0 Å². The van der Waals surface area contributed by atoms with Crippen molar-refractivity contribution in [2.45, 2.75) is 30.4 Å². The van der Waals surface area contributed by atoms with Gasteiger partial charge in [-0.1, -0.05) is 0 Å². The van der Waals surface area contributed by atoms with Crippen molar-refractivity contribution in [2.75, 3.05) is 20.1 Å². The van der Waals surface area contributed by atoms with E-state index in [1.54, 1.807) is 0 Å². The van der Waals surface area contributed by atoms with Crippen LogP contribution in [0.5, 0.6) is 0 Å². The van der Waals surface area contributed by atoms with Gasteiger partial charge in [0.25, 0.3) is 0 Å². The molecule has 1 aromatic heterocycles. The van der Waals surface area contributed by atoms with E-state index in [-0.39, 0.29) is 11.5 Å². The van der Waals surface area contributed by atoms with Crippen LogP contribution in [0, 0.1) is 0 Å². The number of H-pyrrole nitrogens is 1. The van der Waals surface area contributed by atoms with E-state index in [1.165, 1.54) is 25.1 Å². The fourth-order valence-electron chi connectivity index (χ4n) is 1.80. The van der Waals surface area contributed by atoms with Gasteiger partial charge < -0.3 is 15.0 Å². The van der Waals surface area contributed by atoms with Crippen LogP contribution in [0.4, 0.5) is 0 Å². The van der Waals surface area contributed by atoms with Gasteiger partial charge in [-0.25, -0.2) is 13.1 Å². The average Bonchev–Trinajstić information content (AvgIpc) is 3.06. The van der Waals surface area contributed by atoms with Crippen molar-refractivity contribution in [3.8, 4) is 0 Å². The van der Waals surface area contributed by atoms with Crippen LogP contribution in [-0.4, -0.2) is 49.6 Å². The highest BCUT2D eigenvalue weighted by Gasteiger charge is 2.26. The molecule has 6 nitrogen and oxygen atoms in total. The number of rotatable bonds is 7. The number of aliphatic hydroxyl groups excluding tert-OH is 1. The lowest BCUT2D eigenvalue weighted by atomic mass is 10.5. The van der Waals surface area contributed by atoms with E-state index in [4.69, 9.17) is 5.11 Å². The first-order chi connectivity index (χ1) is 8.53. The summed E-state index contributed by atoms with van der Waals surface area (Å²) in [6, 6.07) is 2.06. The van der Waals surface area contributed by atoms with Gasteiger partial charge in [-0.05, 0) is 26.0 Å². The number of hydrogen-bond donors (Lipinski definition) is 3. The molecule has 18 heavy (non-hydrogen) atoms. The van der Waals surface area contributed by atoms with Crippen LogP contribution in [0.2, 0.25) is 0 Å². The SMILES string of the molecule is CN(CCNS(=O)(=O)c1c[nH]c(CO)c1)C1CC1. The lowest BCUT2D eigenvalue weighted by Gasteiger charge is -2.15. The molecular weight excluding hydrogens is 254 g/mol. The Morgan fingerprint density at radius 2 is 2.28 bits per heavy atom. The zero-order chi connectivity index (χ0) is 13.2. The zero-order valence-corrected chi connectivity index (χ0v) is 11.2. The first-order valence-corrected chi connectivity index (χ1v) is 7.49. The second-order valence-corrected chi connectivity index (χ2v) is 6.40. The van der Waals surface area contributed by atoms with Crippen LogP contribution < -0.4 is 4.72 Å². The van der Waals surface area contributed by atoms with Crippen LogP contribution >= 0.6 is 0 Å². The maximum Gasteiger partial charge on any atom is 0.242 e. The molecule has 1 saturated carbocycles. The molecule has 0 saturated heterocycles. The molecule has 7 heteroatoms. The highest BCUT2D eigenvalue weighted by Crippen LogP contribution is 2.24. The molecule has 0 unspecified atom stereocenters. The standard InChI is InChI=1S/C11H19N3O3S/c1-14(10-2-3-10)5-4-13-18(16,17)11-6-9(8-15)12-7-11/h6-7,10,12-13,15H,2-5,8H2,1H3. The quantitative estimate of drug-likeness (QED) is 0.646. The Bertz CT molecular complexity index is 493. The Kier molecular flexibility index (Phi) is 4.06. The van der Waals surface area contributed by atoms with Gasteiger partial charge in [-0.2, -0.15) is 0 Å². The molecule has 0 spiro atoms. The molecule has 1 fully saturated rings. The van der Waals surface area contributed by atoms with Crippen molar-refractivity contribution in [3.63, 3.8) is 0 Å². The predicted octanol–water partition coefficient (Wildman–Crippen LogP) is -0.120. The van der Waals surface area contributed by atoms with Gasteiger partial charge in [0.1, 0.15) is 0 Å². The molecule has 0 radical (unpaired) electrons. The summed E-state index contributed by atoms with van der Waals surface area (Å²) >= 11 is 0. The van der Waals surface area contributed by atoms with E-state index in [0.29, 0.717) is 24.8 Å². The number of aromatic nitrogens is 1. The van der Waals surface area contributed by atoms with Crippen LogP contribution in [0.3, 0.4) is 0 Å². The molecule has 0 atom stereocenters. The highest BCUT2D eigenvalue weighted by molar-refractivity contribution is 7.89. The molecule has 3 N–H and O–H groups in total. The Hall–Kier alpha value is -0.890. The number of aliphatic hydroxyl groups is 1. The summed E-state index contributed by atoms with van der Waals surface area (Å²) in [6.45, 7) is 0.913. The second kappa shape index (κ2) is 5.40. The van der Waals surface area contributed by atoms with Crippen molar-refractivity contribution in [1.82, 2.24) is 14.6 Å². The summed E-state index contributed by atoms with van der Waals surface area (Å²) in [4.78, 5) is 5.04. The molecule has 2 rings (SSSR count). The van der Waals surface area contributed by atoms with Crippen molar-refractivity contribution in [2.24, 2.45) is 0 Å². The fraction of sp³-hybridized carbons (Fsp3) is 0.636. The summed E-state index contributed by atoms with van der Waals surface area (Å²) in [7, 11) is -1.46. The normalized spacial score (nSPS) is 16.4. The third kappa shape index (κ3) is 3.32. The number of sulfonamides is 1. The molecule has 0 aromatic carbocycles. The molecule has 1 aliphatic rings. The molecular formula is C11H19N3O3S. The van der Waals surface area contributed by atoms with E-state index in [0.717, 1.165) is 0 Å². The Labute approximate surface area is 107 Å². The minimum Gasteiger partial charge on any atom is -0.390 e. The van der Waals surface area contributed by atoms with Crippen molar-refractivity contribution >= 4 is 10.0 Å². The Balaban J connectivity index is 1.86. The Morgan fingerprint density at radius 1 is 1.56 bits per heavy atom. The fourth-order valence-corrected chi connectivity index (χ4v) is 2.84. The van der Waals surface area contributed by atoms with Crippen LogP contribution in [0.15, 0.2) is 17.2 Å². The summed E-state index contributed by atoms with van der Waals surface area (Å²) in [5.41, 5.74) is 0.491. The van der Waals surface area contributed by atoms with Gasteiger partial charge in [0, 0.05) is 31.0 Å². The van der Waals surface area contributed by atoms with E-state index in [2.05, 4.69) is 14.6 Å². The summed E-state index contributed by atoms with van der Waals surface area (Å²) in [5.74, 6) is 0. The third-order valence-corrected chi connectivity index (χ3v) is 4.56. The lowest BCUT2D eigenvalue weighted by molar-refractivity contribution is 0.277. The van der Waals surface area contributed by atoms with E-state index in [9.17, 15) is 8.42 Å². The molecule has 0 bridgehead atoms. The maximum absolute atomic E-state index is 11.9. The van der Waals surface area contributed by atoms with E-state index < -0.39 is 10.0 Å². The first-order valence-electron chi connectivity index (χ1n) is 6.01. The number of aromatic amines is 1. The second-order valence-electron chi connectivity index (χ2n) is 4.63. The molecule has 1 aliphatic carbocycles. The van der Waals surface area contributed by atoms with Gasteiger partial charge in [0.2, 0.25) is 10.0 Å². The minimum absolute atomic E-state index is 0.167. The smallest absolute Gasteiger partial charge is 0.242 e. The van der Waals surface area contributed by atoms with Crippen molar-refractivity contribution in [3.05, 3.63) is 18.0 Å². The van der Waals surface area contributed by atoms with Crippen LogP contribution in [0.1, 0.15) is 18.5 Å². The molecule has 0 aliphatic heterocycles. The number of likely N-dealkylation sites (N-methyl/N-ethyl adjacent to an activating group) is 1. The topological polar surface area (TPSA) is 85.4 Å². The van der Waals surface area contributed by atoms with Crippen molar-refractivity contribution in [1.29, 1.82) is 0 Å². The molecule has 0 amide bonds. The van der Waals surface area contributed by atoms with Gasteiger partial charge in [-0.3, -0.25) is 0 Å². The van der Waals surface area contributed by atoms with Gasteiger partial charge in [0.05, 0.1) is 11.5 Å². The Morgan fingerprint density at radius 3 is 2.83 bits per heavy atom. The predicted molar refractivity (Wildman–Crippen MR) is 67.6 cm³/mol. The monoisotopic (exact) mass is 273 g/mol. The zero-order valence-electron chi connectivity index (χ0n) is 10.4. The molecule has 102 valence electrons. The molecule has 1 aromatic rings. The lowest BCUT2D eigenvalue weighted by Crippen LogP contribution is -2.33. The van der Waals surface area contributed by atoms with Crippen LogP contribution in [-0.2, 0) is 16.6 Å². The van der Waals surface area contributed by atoms with Gasteiger partial charge in [-0.15, -0.1) is 0 Å². The number of nitrogens with one attached hydrogen (secondary N) is 2. The first kappa shape index (κ1) is 13.5. The largest absolute Gasteiger partial charge is 0.390 e. The number of nitrogens with zero attached hydrogens (tertiary/aromatic N) is 1. The summed E-state index contributed by atoms with van der Waals surface area (Å²) < 4.78 is 26.3.